The van der Waals surface area contributed by atoms with Gasteiger partial charge in [-0.1, -0.05) is 30.3 Å². The Morgan fingerprint density at radius 3 is 2.83 bits per heavy atom. The van der Waals surface area contributed by atoms with Gasteiger partial charge in [-0.3, -0.25) is 9.78 Å². The lowest BCUT2D eigenvalue weighted by Gasteiger charge is -2.01. The number of H-pyrrole nitrogens is 1. The first kappa shape index (κ1) is 10.7. The number of ketones is 1. The Morgan fingerprint density at radius 1 is 1.17 bits per heavy atom. The molecule has 0 amide bonds. The van der Waals surface area contributed by atoms with E-state index in [1.54, 1.807) is 6.20 Å². The van der Waals surface area contributed by atoms with Crippen LogP contribution in [0.1, 0.15) is 16.1 Å². The van der Waals surface area contributed by atoms with E-state index in [-0.39, 0.29) is 5.78 Å². The average molecular weight is 236 g/mol. The lowest BCUT2D eigenvalue weighted by molar-refractivity contribution is 0.0992. The molecule has 3 nitrogen and oxygen atoms in total. The molecule has 0 saturated carbocycles. The number of nitrogens with one attached hydrogen (secondary N) is 1. The number of pyridine rings is 1. The second-order valence-corrected chi connectivity index (χ2v) is 4.21. The van der Waals surface area contributed by atoms with Crippen LogP contribution in [-0.2, 0) is 6.42 Å². The molecule has 0 aliphatic rings. The molecule has 0 radical (unpaired) electrons. The molecular formula is C15H12N2O. The van der Waals surface area contributed by atoms with Crippen molar-refractivity contribution in [1.29, 1.82) is 0 Å². The molecule has 18 heavy (non-hydrogen) atoms. The predicted molar refractivity (Wildman–Crippen MR) is 70.6 cm³/mol. The van der Waals surface area contributed by atoms with Crippen LogP contribution in [0.3, 0.4) is 0 Å². The van der Waals surface area contributed by atoms with E-state index in [0.29, 0.717) is 6.42 Å². The van der Waals surface area contributed by atoms with Gasteiger partial charge in [0.1, 0.15) is 0 Å². The maximum atomic E-state index is 12.0. The molecule has 2 heterocycles. The Kier molecular flexibility index (Phi) is 2.65. The summed E-state index contributed by atoms with van der Waals surface area (Å²) in [7, 11) is 0. The molecule has 0 saturated heterocycles. The van der Waals surface area contributed by atoms with E-state index in [1.807, 2.05) is 48.7 Å². The molecule has 3 heteroatoms. The standard InChI is InChI=1S/C15H12N2O/c18-15(11-4-2-1-3-5-11)9-13-8-12-6-7-16-14(12)10-17-13/h1-8,10,16H,9H2. The Balaban J connectivity index is 1.86. The number of carbonyl (C=O) groups excluding carboxylic acids is 1. The summed E-state index contributed by atoms with van der Waals surface area (Å²) >= 11 is 0. The van der Waals surface area contributed by atoms with Crippen LogP contribution in [0.25, 0.3) is 10.9 Å². The van der Waals surface area contributed by atoms with Crippen molar-refractivity contribution in [3.05, 3.63) is 66.1 Å². The van der Waals surface area contributed by atoms with Crippen molar-refractivity contribution in [3.63, 3.8) is 0 Å². The molecule has 1 N–H and O–H groups in total. The Morgan fingerprint density at radius 2 is 2.00 bits per heavy atom. The van der Waals surface area contributed by atoms with Crippen LogP contribution >= 0.6 is 0 Å². The number of aromatic amines is 1. The van der Waals surface area contributed by atoms with Crippen molar-refractivity contribution in [2.75, 3.05) is 0 Å². The van der Waals surface area contributed by atoms with Gasteiger partial charge in [0.15, 0.2) is 5.78 Å². The average Bonchev–Trinajstić information content (AvgIpc) is 2.87. The number of fused-ring (bicyclic) bond motifs is 1. The highest BCUT2D eigenvalue weighted by Gasteiger charge is 2.08. The molecular weight excluding hydrogens is 224 g/mol. The molecule has 0 spiro atoms. The number of rotatable bonds is 3. The van der Waals surface area contributed by atoms with Gasteiger partial charge in [-0.05, 0) is 12.1 Å². The molecule has 2 aromatic heterocycles. The number of carbonyl (C=O) groups is 1. The third-order valence-electron chi connectivity index (χ3n) is 2.93. The summed E-state index contributed by atoms with van der Waals surface area (Å²) in [5, 5.41) is 1.08. The van der Waals surface area contributed by atoms with E-state index in [4.69, 9.17) is 0 Å². The fourth-order valence-corrected chi connectivity index (χ4v) is 1.98. The predicted octanol–water partition coefficient (Wildman–Crippen LogP) is 2.99. The van der Waals surface area contributed by atoms with Crippen molar-refractivity contribution in [1.82, 2.24) is 9.97 Å². The molecule has 3 rings (SSSR count). The topological polar surface area (TPSA) is 45.8 Å². The molecule has 0 unspecified atom stereocenters. The quantitative estimate of drug-likeness (QED) is 0.710. The first-order valence-corrected chi connectivity index (χ1v) is 5.83. The molecule has 1 aromatic carbocycles. The third-order valence-corrected chi connectivity index (χ3v) is 2.93. The van der Waals surface area contributed by atoms with Crippen LogP contribution in [0.4, 0.5) is 0 Å². The maximum Gasteiger partial charge on any atom is 0.168 e. The smallest absolute Gasteiger partial charge is 0.168 e. The van der Waals surface area contributed by atoms with Gasteiger partial charge in [0.2, 0.25) is 0 Å². The molecule has 0 aliphatic heterocycles. The van der Waals surface area contributed by atoms with Crippen molar-refractivity contribution >= 4 is 16.7 Å². The lowest BCUT2D eigenvalue weighted by Crippen LogP contribution is -2.04. The van der Waals surface area contributed by atoms with Crippen LogP contribution < -0.4 is 0 Å². The lowest BCUT2D eigenvalue weighted by atomic mass is 10.1. The molecule has 0 bridgehead atoms. The minimum absolute atomic E-state index is 0.0954. The van der Waals surface area contributed by atoms with Gasteiger partial charge in [-0.15, -0.1) is 0 Å². The zero-order valence-electron chi connectivity index (χ0n) is 9.76. The Hall–Kier alpha value is -2.42. The van der Waals surface area contributed by atoms with Crippen LogP contribution in [-0.4, -0.2) is 15.8 Å². The highest BCUT2D eigenvalue weighted by atomic mass is 16.1. The zero-order valence-corrected chi connectivity index (χ0v) is 9.76. The van der Waals surface area contributed by atoms with E-state index < -0.39 is 0 Å². The monoisotopic (exact) mass is 236 g/mol. The first-order valence-electron chi connectivity index (χ1n) is 5.83. The molecule has 88 valence electrons. The summed E-state index contributed by atoms with van der Waals surface area (Å²) in [6.07, 6.45) is 3.98. The van der Waals surface area contributed by atoms with Crippen LogP contribution in [0.5, 0.6) is 0 Å². The van der Waals surface area contributed by atoms with E-state index in [1.165, 1.54) is 0 Å². The van der Waals surface area contributed by atoms with Crippen LogP contribution in [0, 0.1) is 0 Å². The molecule has 3 aromatic rings. The minimum atomic E-state index is 0.0954. The summed E-state index contributed by atoms with van der Waals surface area (Å²) in [5.74, 6) is 0.0954. The summed E-state index contributed by atoms with van der Waals surface area (Å²) in [6.45, 7) is 0. The van der Waals surface area contributed by atoms with Gasteiger partial charge in [-0.2, -0.15) is 0 Å². The van der Waals surface area contributed by atoms with Crippen molar-refractivity contribution in [3.8, 4) is 0 Å². The van der Waals surface area contributed by atoms with Crippen molar-refractivity contribution in [2.24, 2.45) is 0 Å². The minimum Gasteiger partial charge on any atom is -0.360 e. The van der Waals surface area contributed by atoms with Gasteiger partial charge in [0, 0.05) is 22.8 Å². The highest BCUT2D eigenvalue weighted by Crippen LogP contribution is 2.13. The van der Waals surface area contributed by atoms with Crippen molar-refractivity contribution in [2.45, 2.75) is 6.42 Å². The largest absolute Gasteiger partial charge is 0.360 e. The van der Waals surface area contributed by atoms with Gasteiger partial charge in [0.05, 0.1) is 18.1 Å². The van der Waals surface area contributed by atoms with Gasteiger partial charge >= 0.3 is 0 Å². The third kappa shape index (κ3) is 2.02. The number of hydrogen-bond donors (Lipinski definition) is 1. The number of Topliss-reactive ketones (excluding diaryl/α,β-unsaturated/α-hetero) is 1. The van der Waals surface area contributed by atoms with E-state index >= 15 is 0 Å². The van der Waals surface area contributed by atoms with E-state index in [2.05, 4.69) is 9.97 Å². The molecule has 0 aliphatic carbocycles. The summed E-state index contributed by atoms with van der Waals surface area (Å²) in [5.41, 5.74) is 2.52. The second-order valence-electron chi connectivity index (χ2n) is 4.21. The van der Waals surface area contributed by atoms with E-state index in [0.717, 1.165) is 22.2 Å². The number of benzene rings is 1. The Labute approximate surface area is 104 Å². The zero-order chi connectivity index (χ0) is 12.4. The molecule has 0 fully saturated rings. The first-order chi connectivity index (χ1) is 8.83. The SMILES string of the molecule is O=C(Cc1cc2cc[nH]c2cn1)c1ccccc1. The highest BCUT2D eigenvalue weighted by molar-refractivity contribution is 5.97. The summed E-state index contributed by atoms with van der Waals surface area (Å²) in [6, 6.07) is 13.2. The number of nitrogens with zero attached hydrogens (tertiary/aromatic N) is 1. The fourth-order valence-electron chi connectivity index (χ4n) is 1.98. The fraction of sp³-hybridized carbons (Fsp3) is 0.0667. The second kappa shape index (κ2) is 4.45. The summed E-state index contributed by atoms with van der Waals surface area (Å²) in [4.78, 5) is 19.4. The number of hydrogen-bond acceptors (Lipinski definition) is 2. The number of aromatic nitrogens is 2. The van der Waals surface area contributed by atoms with Crippen LogP contribution in [0.15, 0.2) is 54.9 Å². The Bertz CT molecular complexity index is 686. The van der Waals surface area contributed by atoms with E-state index in [9.17, 15) is 4.79 Å². The van der Waals surface area contributed by atoms with Gasteiger partial charge in [-0.25, -0.2) is 0 Å². The molecule has 0 atom stereocenters. The summed E-state index contributed by atoms with van der Waals surface area (Å²) < 4.78 is 0. The van der Waals surface area contributed by atoms with Crippen molar-refractivity contribution < 1.29 is 4.79 Å². The van der Waals surface area contributed by atoms with Gasteiger partial charge < -0.3 is 4.98 Å². The normalized spacial score (nSPS) is 10.7. The van der Waals surface area contributed by atoms with Gasteiger partial charge in [0.25, 0.3) is 0 Å². The van der Waals surface area contributed by atoms with Crippen LogP contribution in [0.2, 0.25) is 0 Å². The maximum absolute atomic E-state index is 12.0.